The van der Waals surface area contributed by atoms with Gasteiger partial charge in [-0.25, -0.2) is 0 Å². The van der Waals surface area contributed by atoms with Crippen molar-refractivity contribution in [1.82, 2.24) is 9.78 Å². The molecule has 0 aromatic carbocycles. The van der Waals surface area contributed by atoms with Crippen LogP contribution >= 0.6 is 0 Å². The molecule has 0 bridgehead atoms. The Hall–Kier alpha value is -1.36. The molecule has 0 amide bonds. The van der Waals surface area contributed by atoms with Gasteiger partial charge in [-0.3, -0.25) is 4.68 Å². The molecule has 20 heavy (non-hydrogen) atoms. The molecule has 1 fully saturated rings. The van der Waals surface area contributed by atoms with Gasteiger partial charge in [0.05, 0.1) is 30.2 Å². The standard InChI is InChI=1S/C15H25N3O2/c1-3-14(4-2)18-10-9-13(16-18)11-20-15-7-5-12(17-19)6-8-15/h9-10,14-15,19H,3-8,11H2,1-2H3. The van der Waals surface area contributed by atoms with E-state index in [2.05, 4.69) is 28.8 Å². The zero-order chi connectivity index (χ0) is 14.4. The van der Waals surface area contributed by atoms with Crippen LogP contribution in [0.4, 0.5) is 0 Å². The van der Waals surface area contributed by atoms with Crippen LogP contribution in [-0.4, -0.2) is 26.8 Å². The second kappa shape index (κ2) is 7.43. The van der Waals surface area contributed by atoms with E-state index >= 15 is 0 Å². The molecule has 0 unspecified atom stereocenters. The number of oxime groups is 1. The summed E-state index contributed by atoms with van der Waals surface area (Å²) in [6.07, 6.45) is 8.06. The summed E-state index contributed by atoms with van der Waals surface area (Å²) in [7, 11) is 0. The fourth-order valence-electron chi connectivity index (χ4n) is 2.71. The summed E-state index contributed by atoms with van der Waals surface area (Å²) in [4.78, 5) is 0. The van der Waals surface area contributed by atoms with Gasteiger partial charge < -0.3 is 9.94 Å². The summed E-state index contributed by atoms with van der Waals surface area (Å²) in [5.74, 6) is 0. The summed E-state index contributed by atoms with van der Waals surface area (Å²) in [6, 6.07) is 2.53. The van der Waals surface area contributed by atoms with Gasteiger partial charge in [-0.1, -0.05) is 19.0 Å². The van der Waals surface area contributed by atoms with Crippen molar-refractivity contribution in [2.75, 3.05) is 0 Å². The van der Waals surface area contributed by atoms with Crippen molar-refractivity contribution in [3.8, 4) is 0 Å². The average Bonchev–Trinajstić information content (AvgIpc) is 2.96. The lowest BCUT2D eigenvalue weighted by atomic mass is 9.96. The van der Waals surface area contributed by atoms with E-state index in [1.54, 1.807) is 0 Å². The summed E-state index contributed by atoms with van der Waals surface area (Å²) in [6.45, 7) is 4.95. The number of nitrogens with zero attached hydrogens (tertiary/aromatic N) is 3. The summed E-state index contributed by atoms with van der Waals surface area (Å²) in [5, 5.41) is 16.6. The van der Waals surface area contributed by atoms with Crippen LogP contribution in [0.1, 0.15) is 64.1 Å². The molecule has 2 rings (SSSR count). The maximum Gasteiger partial charge on any atom is 0.0910 e. The van der Waals surface area contributed by atoms with Crippen molar-refractivity contribution in [2.45, 2.75) is 71.1 Å². The molecule has 112 valence electrons. The highest BCUT2D eigenvalue weighted by molar-refractivity contribution is 5.84. The summed E-state index contributed by atoms with van der Waals surface area (Å²) >= 11 is 0. The fourth-order valence-corrected chi connectivity index (χ4v) is 2.71. The van der Waals surface area contributed by atoms with Gasteiger partial charge in [0.15, 0.2) is 0 Å². The van der Waals surface area contributed by atoms with Crippen molar-refractivity contribution in [3.63, 3.8) is 0 Å². The van der Waals surface area contributed by atoms with E-state index in [4.69, 9.17) is 9.94 Å². The smallest absolute Gasteiger partial charge is 0.0910 e. The lowest BCUT2D eigenvalue weighted by Crippen LogP contribution is -2.21. The van der Waals surface area contributed by atoms with Crippen LogP contribution in [0.5, 0.6) is 0 Å². The van der Waals surface area contributed by atoms with Crippen molar-refractivity contribution in [1.29, 1.82) is 0 Å². The number of hydrogen-bond acceptors (Lipinski definition) is 4. The third-order valence-corrected chi connectivity index (χ3v) is 4.10. The van der Waals surface area contributed by atoms with Gasteiger partial charge in [-0.05, 0) is 44.6 Å². The van der Waals surface area contributed by atoms with Gasteiger partial charge in [-0.15, -0.1) is 0 Å². The maximum absolute atomic E-state index is 8.72. The van der Waals surface area contributed by atoms with E-state index in [0.29, 0.717) is 12.6 Å². The molecule has 1 aromatic rings. The molecule has 0 spiro atoms. The molecule has 1 aromatic heterocycles. The van der Waals surface area contributed by atoms with Crippen molar-refractivity contribution < 1.29 is 9.94 Å². The molecule has 0 atom stereocenters. The SMILES string of the molecule is CCC(CC)n1ccc(COC2CCC(=NO)CC2)n1. The highest BCUT2D eigenvalue weighted by Gasteiger charge is 2.19. The minimum atomic E-state index is 0.263. The average molecular weight is 279 g/mol. The molecule has 1 aliphatic rings. The Morgan fingerprint density at radius 3 is 2.70 bits per heavy atom. The first kappa shape index (κ1) is 15.0. The molecular weight excluding hydrogens is 254 g/mol. The first-order chi connectivity index (χ1) is 9.76. The van der Waals surface area contributed by atoms with Gasteiger partial charge in [0.1, 0.15) is 0 Å². The van der Waals surface area contributed by atoms with Crippen LogP contribution in [0, 0.1) is 0 Å². The van der Waals surface area contributed by atoms with Gasteiger partial charge in [0, 0.05) is 6.20 Å². The molecule has 5 heteroatoms. The Morgan fingerprint density at radius 2 is 2.10 bits per heavy atom. The Bertz CT molecular complexity index is 428. The second-order valence-electron chi connectivity index (χ2n) is 5.43. The lowest BCUT2D eigenvalue weighted by Gasteiger charge is -2.22. The Morgan fingerprint density at radius 1 is 1.40 bits per heavy atom. The number of ether oxygens (including phenoxy) is 1. The van der Waals surface area contributed by atoms with E-state index < -0.39 is 0 Å². The van der Waals surface area contributed by atoms with Crippen LogP contribution in [0.3, 0.4) is 0 Å². The zero-order valence-electron chi connectivity index (χ0n) is 12.5. The largest absolute Gasteiger partial charge is 0.411 e. The normalized spacial score (nSPS) is 19.6. The van der Waals surface area contributed by atoms with Gasteiger partial charge in [0.25, 0.3) is 0 Å². The Balaban J connectivity index is 1.80. The first-order valence-electron chi connectivity index (χ1n) is 7.62. The predicted molar refractivity (Wildman–Crippen MR) is 78.1 cm³/mol. The van der Waals surface area contributed by atoms with E-state index in [1.807, 2.05) is 12.3 Å². The predicted octanol–water partition coefficient (Wildman–Crippen LogP) is 3.53. The Kier molecular flexibility index (Phi) is 5.59. The molecular formula is C15H25N3O2. The molecule has 1 N–H and O–H groups in total. The van der Waals surface area contributed by atoms with E-state index in [-0.39, 0.29) is 6.10 Å². The van der Waals surface area contributed by atoms with Crippen LogP contribution in [-0.2, 0) is 11.3 Å². The maximum atomic E-state index is 8.72. The van der Waals surface area contributed by atoms with Crippen molar-refractivity contribution in [3.05, 3.63) is 18.0 Å². The number of rotatable bonds is 6. The van der Waals surface area contributed by atoms with Gasteiger partial charge in [-0.2, -0.15) is 5.10 Å². The first-order valence-corrected chi connectivity index (χ1v) is 7.62. The van der Waals surface area contributed by atoms with Crippen LogP contribution < -0.4 is 0 Å². The Labute approximate surface area is 120 Å². The van der Waals surface area contributed by atoms with E-state index in [1.165, 1.54) is 0 Å². The monoisotopic (exact) mass is 279 g/mol. The molecule has 0 radical (unpaired) electrons. The molecule has 1 heterocycles. The third-order valence-electron chi connectivity index (χ3n) is 4.10. The highest BCUT2D eigenvalue weighted by Crippen LogP contribution is 2.20. The third kappa shape index (κ3) is 3.82. The number of aromatic nitrogens is 2. The topological polar surface area (TPSA) is 59.6 Å². The lowest BCUT2D eigenvalue weighted by molar-refractivity contribution is 0.0256. The molecule has 1 saturated carbocycles. The van der Waals surface area contributed by atoms with E-state index in [9.17, 15) is 0 Å². The van der Waals surface area contributed by atoms with Crippen LogP contribution in [0.2, 0.25) is 0 Å². The molecule has 0 aliphatic heterocycles. The molecule has 5 nitrogen and oxygen atoms in total. The van der Waals surface area contributed by atoms with Crippen molar-refractivity contribution >= 4 is 5.71 Å². The van der Waals surface area contributed by atoms with Gasteiger partial charge in [0.2, 0.25) is 0 Å². The summed E-state index contributed by atoms with van der Waals surface area (Å²) in [5.41, 5.74) is 1.89. The number of hydrogen-bond donors (Lipinski definition) is 1. The van der Waals surface area contributed by atoms with Crippen LogP contribution in [0.15, 0.2) is 17.4 Å². The van der Waals surface area contributed by atoms with E-state index in [0.717, 1.165) is 49.9 Å². The summed E-state index contributed by atoms with van der Waals surface area (Å²) < 4.78 is 7.96. The minimum Gasteiger partial charge on any atom is -0.411 e. The van der Waals surface area contributed by atoms with Crippen molar-refractivity contribution in [2.24, 2.45) is 5.16 Å². The molecule has 1 aliphatic carbocycles. The fraction of sp³-hybridized carbons (Fsp3) is 0.733. The van der Waals surface area contributed by atoms with Crippen LogP contribution in [0.25, 0.3) is 0 Å². The van der Waals surface area contributed by atoms with Gasteiger partial charge >= 0.3 is 0 Å². The second-order valence-corrected chi connectivity index (χ2v) is 5.43. The molecule has 0 saturated heterocycles. The zero-order valence-corrected chi connectivity index (χ0v) is 12.5. The minimum absolute atomic E-state index is 0.263. The highest BCUT2D eigenvalue weighted by atomic mass is 16.5. The quantitative estimate of drug-likeness (QED) is 0.640.